The van der Waals surface area contributed by atoms with Gasteiger partial charge in [-0.2, -0.15) is 0 Å². The summed E-state index contributed by atoms with van der Waals surface area (Å²) in [5, 5.41) is 3.14. The highest BCUT2D eigenvalue weighted by molar-refractivity contribution is 14.0. The van der Waals surface area contributed by atoms with Gasteiger partial charge in [-0.25, -0.2) is 0 Å². The molecule has 1 aliphatic rings. The number of nitrogens with two attached hydrogens (primary N) is 1. The first-order valence-electron chi connectivity index (χ1n) is 9.25. The second-order valence-electron chi connectivity index (χ2n) is 6.66. The molecule has 0 bridgehead atoms. The lowest BCUT2D eigenvalue weighted by atomic mass is 10.0. The van der Waals surface area contributed by atoms with E-state index in [1.54, 1.807) is 7.11 Å². The van der Waals surface area contributed by atoms with Crippen LogP contribution in [0, 0.1) is 6.92 Å². The summed E-state index contributed by atoms with van der Waals surface area (Å²) < 4.78 is 10.7. The van der Waals surface area contributed by atoms with Gasteiger partial charge in [0.25, 0.3) is 0 Å². The third-order valence-electron chi connectivity index (χ3n) is 4.71. The van der Waals surface area contributed by atoms with E-state index in [0.29, 0.717) is 12.5 Å². The number of nitrogens with one attached hydrogen (secondary N) is 1. The fraction of sp³-hybridized carbons (Fsp3) is 0.381. The Balaban J connectivity index is 0.00000280. The molecule has 2 aromatic carbocycles. The molecule has 3 rings (SSSR count). The number of hydrogen-bond acceptors (Lipinski definition) is 4. The molecule has 6 nitrogen and oxygen atoms in total. The Morgan fingerprint density at radius 1 is 1.21 bits per heavy atom. The predicted octanol–water partition coefficient (Wildman–Crippen LogP) is 3.42. The second-order valence-corrected chi connectivity index (χ2v) is 6.66. The Labute approximate surface area is 184 Å². The van der Waals surface area contributed by atoms with E-state index < -0.39 is 0 Å². The number of rotatable bonds is 6. The highest BCUT2D eigenvalue weighted by Crippen LogP contribution is 2.23. The first-order chi connectivity index (χ1) is 13.2. The van der Waals surface area contributed by atoms with E-state index in [4.69, 9.17) is 15.2 Å². The number of hydrogen-bond donors (Lipinski definition) is 2. The van der Waals surface area contributed by atoms with Crippen molar-refractivity contribution in [3.63, 3.8) is 0 Å². The fourth-order valence-corrected chi connectivity index (χ4v) is 3.24. The van der Waals surface area contributed by atoms with Gasteiger partial charge in [0.05, 0.1) is 32.9 Å². The molecule has 0 saturated carbocycles. The molecule has 0 aliphatic carbocycles. The third kappa shape index (κ3) is 6.35. The van der Waals surface area contributed by atoms with Crippen LogP contribution in [0.2, 0.25) is 0 Å². The van der Waals surface area contributed by atoms with Gasteiger partial charge in [0, 0.05) is 18.8 Å². The van der Waals surface area contributed by atoms with Crippen LogP contribution < -0.4 is 15.8 Å². The topological polar surface area (TPSA) is 72.1 Å². The molecule has 0 spiro atoms. The summed E-state index contributed by atoms with van der Waals surface area (Å²) in [5.41, 5.74) is 9.52. The molecule has 28 heavy (non-hydrogen) atoms. The normalized spacial score (nSPS) is 16.1. The number of morpholine rings is 1. The average Bonchev–Trinajstić information content (AvgIpc) is 2.70. The van der Waals surface area contributed by atoms with Crippen molar-refractivity contribution in [2.75, 3.05) is 45.3 Å². The number of anilines is 1. The Morgan fingerprint density at radius 3 is 2.57 bits per heavy atom. The number of aliphatic imine (C=N–C) groups is 1. The summed E-state index contributed by atoms with van der Waals surface area (Å²) in [6, 6.07) is 16.4. The lowest BCUT2D eigenvalue weighted by molar-refractivity contribution is 0.0180. The van der Waals surface area contributed by atoms with Crippen LogP contribution in [0.15, 0.2) is 53.5 Å². The van der Waals surface area contributed by atoms with Gasteiger partial charge in [0.2, 0.25) is 0 Å². The van der Waals surface area contributed by atoms with Crippen LogP contribution in [0.3, 0.4) is 0 Å². The zero-order valence-electron chi connectivity index (χ0n) is 16.4. The number of aryl methyl sites for hydroxylation is 1. The first kappa shape index (κ1) is 22.4. The van der Waals surface area contributed by atoms with E-state index in [-0.39, 0.29) is 30.0 Å². The molecule has 3 N–H and O–H groups in total. The molecule has 0 aromatic heterocycles. The summed E-state index contributed by atoms with van der Waals surface area (Å²) in [6.45, 7) is 6.03. The Hall–Kier alpha value is -1.84. The van der Waals surface area contributed by atoms with Crippen molar-refractivity contribution in [1.82, 2.24) is 4.90 Å². The smallest absolute Gasteiger partial charge is 0.193 e. The molecular formula is C21H29IN4O2. The molecule has 0 radical (unpaired) electrons. The van der Waals surface area contributed by atoms with Crippen molar-refractivity contribution in [2.45, 2.75) is 13.0 Å². The van der Waals surface area contributed by atoms with Gasteiger partial charge >= 0.3 is 0 Å². The molecule has 7 heteroatoms. The Bertz CT molecular complexity index is 761. The van der Waals surface area contributed by atoms with Crippen molar-refractivity contribution in [3.05, 3.63) is 59.7 Å². The fourth-order valence-electron chi connectivity index (χ4n) is 3.24. The largest absolute Gasteiger partial charge is 0.497 e. The maximum atomic E-state index is 6.13. The van der Waals surface area contributed by atoms with E-state index in [0.717, 1.165) is 37.7 Å². The van der Waals surface area contributed by atoms with Crippen molar-refractivity contribution in [1.29, 1.82) is 0 Å². The summed E-state index contributed by atoms with van der Waals surface area (Å²) in [7, 11) is 1.65. The van der Waals surface area contributed by atoms with Gasteiger partial charge in [-0.15, -0.1) is 24.0 Å². The molecule has 2 aromatic rings. The number of guanidine groups is 1. The monoisotopic (exact) mass is 496 g/mol. The van der Waals surface area contributed by atoms with E-state index in [1.165, 1.54) is 11.1 Å². The maximum Gasteiger partial charge on any atom is 0.193 e. The van der Waals surface area contributed by atoms with Crippen molar-refractivity contribution < 1.29 is 9.47 Å². The molecule has 1 atom stereocenters. The van der Waals surface area contributed by atoms with Gasteiger partial charge < -0.3 is 20.5 Å². The Kier molecular flexibility index (Phi) is 9.01. The minimum atomic E-state index is 0. The standard InChI is InChI=1S/C21H28N4O2.HI/c1-16-4-3-5-17(14-16)20(25-10-12-27-13-11-25)15-23-21(22)24-18-6-8-19(26-2)9-7-18;/h3-9,14,20H,10-13,15H2,1-2H3,(H3,22,23,24);1H. The van der Waals surface area contributed by atoms with Gasteiger partial charge in [0.15, 0.2) is 5.96 Å². The van der Waals surface area contributed by atoms with Crippen LogP contribution in [0.4, 0.5) is 5.69 Å². The quantitative estimate of drug-likeness (QED) is 0.365. The SMILES string of the molecule is COc1ccc(NC(N)=NCC(c2cccc(C)c2)N2CCOCC2)cc1.I. The van der Waals surface area contributed by atoms with E-state index in [9.17, 15) is 0 Å². The molecule has 1 fully saturated rings. The van der Waals surface area contributed by atoms with Crippen LogP contribution in [-0.4, -0.2) is 50.8 Å². The second kappa shape index (κ2) is 11.2. The van der Waals surface area contributed by atoms with E-state index in [2.05, 4.69) is 46.4 Å². The zero-order chi connectivity index (χ0) is 19.1. The molecule has 1 heterocycles. The van der Waals surface area contributed by atoms with E-state index in [1.807, 2.05) is 24.3 Å². The molecular weight excluding hydrogens is 467 g/mol. The summed E-state index contributed by atoms with van der Waals surface area (Å²) in [5.74, 6) is 1.22. The Morgan fingerprint density at radius 2 is 1.93 bits per heavy atom. The number of benzene rings is 2. The first-order valence-corrected chi connectivity index (χ1v) is 9.25. The van der Waals surface area contributed by atoms with Crippen molar-refractivity contribution in [3.8, 4) is 5.75 Å². The number of halogens is 1. The highest BCUT2D eigenvalue weighted by atomic mass is 127. The lowest BCUT2D eigenvalue weighted by Crippen LogP contribution is -2.40. The molecule has 1 aliphatic heterocycles. The highest BCUT2D eigenvalue weighted by Gasteiger charge is 2.22. The summed E-state index contributed by atoms with van der Waals surface area (Å²) in [4.78, 5) is 7.03. The summed E-state index contributed by atoms with van der Waals surface area (Å²) >= 11 is 0. The zero-order valence-corrected chi connectivity index (χ0v) is 18.8. The van der Waals surface area contributed by atoms with Gasteiger partial charge in [-0.1, -0.05) is 29.8 Å². The minimum Gasteiger partial charge on any atom is -0.497 e. The minimum absolute atomic E-state index is 0. The maximum absolute atomic E-state index is 6.13. The number of methoxy groups -OCH3 is 1. The van der Waals surface area contributed by atoms with Crippen LogP contribution >= 0.6 is 24.0 Å². The summed E-state index contributed by atoms with van der Waals surface area (Å²) in [6.07, 6.45) is 0. The van der Waals surface area contributed by atoms with Crippen LogP contribution in [0.1, 0.15) is 17.2 Å². The van der Waals surface area contributed by atoms with Crippen molar-refractivity contribution in [2.24, 2.45) is 10.7 Å². The molecule has 1 unspecified atom stereocenters. The molecule has 1 saturated heterocycles. The van der Waals surface area contributed by atoms with Crippen molar-refractivity contribution >= 4 is 35.6 Å². The van der Waals surface area contributed by atoms with Gasteiger partial charge in [-0.05, 0) is 36.8 Å². The predicted molar refractivity (Wildman–Crippen MR) is 125 cm³/mol. The third-order valence-corrected chi connectivity index (χ3v) is 4.71. The average molecular weight is 496 g/mol. The molecule has 152 valence electrons. The van der Waals surface area contributed by atoms with Crippen LogP contribution in [0.5, 0.6) is 5.75 Å². The number of nitrogens with zero attached hydrogens (tertiary/aromatic N) is 2. The number of ether oxygens (including phenoxy) is 2. The van der Waals surface area contributed by atoms with Crippen LogP contribution in [-0.2, 0) is 4.74 Å². The lowest BCUT2D eigenvalue weighted by Gasteiger charge is -2.34. The van der Waals surface area contributed by atoms with Gasteiger partial charge in [-0.3, -0.25) is 9.89 Å². The van der Waals surface area contributed by atoms with Gasteiger partial charge in [0.1, 0.15) is 5.75 Å². The van der Waals surface area contributed by atoms with E-state index >= 15 is 0 Å². The molecule has 0 amide bonds. The van der Waals surface area contributed by atoms with Crippen LogP contribution in [0.25, 0.3) is 0 Å².